The number of halogens is 1. The van der Waals surface area contributed by atoms with Crippen LogP contribution in [-0.4, -0.2) is 30.8 Å². The molecule has 1 fully saturated rings. The second kappa shape index (κ2) is 7.23. The molecule has 118 valence electrons. The van der Waals surface area contributed by atoms with Crippen LogP contribution >= 0.6 is 0 Å². The van der Waals surface area contributed by atoms with Crippen LogP contribution < -0.4 is 10.2 Å². The van der Waals surface area contributed by atoms with Gasteiger partial charge in [-0.2, -0.15) is 0 Å². The first-order valence-corrected chi connectivity index (χ1v) is 7.89. The van der Waals surface area contributed by atoms with Gasteiger partial charge in [0.2, 0.25) is 0 Å². The molecule has 1 saturated heterocycles. The normalized spacial score (nSPS) is 22.3. The third-order valence-corrected chi connectivity index (χ3v) is 4.29. The lowest BCUT2D eigenvalue weighted by Gasteiger charge is -2.29. The maximum Gasteiger partial charge on any atom is 0.123 e. The van der Waals surface area contributed by atoms with E-state index in [9.17, 15) is 9.50 Å². The number of aliphatic hydroxyl groups is 1. The molecule has 0 saturated carbocycles. The molecule has 2 rings (SSSR count). The Morgan fingerprint density at radius 2 is 2.19 bits per heavy atom. The molecule has 0 bridgehead atoms. The van der Waals surface area contributed by atoms with E-state index in [1.807, 2.05) is 6.07 Å². The summed E-state index contributed by atoms with van der Waals surface area (Å²) in [4.78, 5) is 2.23. The van der Waals surface area contributed by atoms with Crippen molar-refractivity contribution in [1.29, 1.82) is 0 Å². The first-order chi connectivity index (χ1) is 10.0. The number of hydrogen-bond donors (Lipinski definition) is 2. The van der Waals surface area contributed by atoms with Gasteiger partial charge in [0.15, 0.2) is 0 Å². The third-order valence-electron chi connectivity index (χ3n) is 4.29. The van der Waals surface area contributed by atoms with Crippen LogP contribution in [0.1, 0.15) is 32.8 Å². The number of aliphatic hydroxyl groups excluding tert-OH is 1. The Kier molecular flexibility index (Phi) is 5.59. The van der Waals surface area contributed by atoms with Crippen LogP contribution in [0.2, 0.25) is 0 Å². The Morgan fingerprint density at radius 1 is 1.43 bits per heavy atom. The van der Waals surface area contributed by atoms with E-state index in [1.165, 1.54) is 6.07 Å². The molecule has 0 radical (unpaired) electrons. The number of benzene rings is 1. The molecule has 2 unspecified atom stereocenters. The molecule has 0 aliphatic carbocycles. The molecule has 0 amide bonds. The fraction of sp³-hybridized carbons (Fsp3) is 0.647. The van der Waals surface area contributed by atoms with Gasteiger partial charge in [-0.15, -0.1) is 0 Å². The monoisotopic (exact) mass is 294 g/mol. The standard InChI is InChI=1S/C17H27FN2O/c1-12(2)9-19-10-14-8-15(18)4-5-16(14)20-7-6-13(3)17(20)11-21/h4-5,8,12-13,17,19,21H,6-7,9-11H2,1-3H3. The second-order valence-corrected chi connectivity index (χ2v) is 6.51. The summed E-state index contributed by atoms with van der Waals surface area (Å²) in [5.41, 5.74) is 2.03. The second-order valence-electron chi connectivity index (χ2n) is 6.51. The molecule has 0 spiro atoms. The largest absolute Gasteiger partial charge is 0.394 e. The van der Waals surface area contributed by atoms with Crippen molar-refractivity contribution < 1.29 is 9.50 Å². The van der Waals surface area contributed by atoms with E-state index in [4.69, 9.17) is 0 Å². The number of rotatable bonds is 6. The molecule has 3 nitrogen and oxygen atoms in total. The summed E-state index contributed by atoms with van der Waals surface area (Å²) in [5, 5.41) is 13.0. The summed E-state index contributed by atoms with van der Waals surface area (Å²) in [6.45, 7) is 9.13. The van der Waals surface area contributed by atoms with Crippen LogP contribution in [-0.2, 0) is 6.54 Å². The maximum absolute atomic E-state index is 13.6. The minimum absolute atomic E-state index is 0.138. The topological polar surface area (TPSA) is 35.5 Å². The van der Waals surface area contributed by atoms with Gasteiger partial charge in [0.05, 0.1) is 12.6 Å². The predicted octanol–water partition coefficient (Wildman–Crippen LogP) is 2.78. The number of nitrogens with zero attached hydrogens (tertiary/aromatic N) is 1. The third kappa shape index (κ3) is 3.95. The fourth-order valence-electron chi connectivity index (χ4n) is 3.06. The Hall–Kier alpha value is -1.13. The van der Waals surface area contributed by atoms with Gasteiger partial charge in [0.1, 0.15) is 5.82 Å². The van der Waals surface area contributed by atoms with Crippen molar-refractivity contribution in [3.8, 4) is 0 Å². The van der Waals surface area contributed by atoms with Gasteiger partial charge < -0.3 is 15.3 Å². The molecular formula is C17H27FN2O. The van der Waals surface area contributed by atoms with E-state index in [-0.39, 0.29) is 18.5 Å². The van der Waals surface area contributed by atoms with Gasteiger partial charge in [-0.25, -0.2) is 4.39 Å². The summed E-state index contributed by atoms with van der Waals surface area (Å²) in [7, 11) is 0. The molecule has 1 heterocycles. The van der Waals surface area contributed by atoms with Gasteiger partial charge in [0.25, 0.3) is 0 Å². The highest BCUT2D eigenvalue weighted by Crippen LogP contribution is 2.32. The van der Waals surface area contributed by atoms with E-state index in [0.29, 0.717) is 18.4 Å². The van der Waals surface area contributed by atoms with Crippen molar-refractivity contribution in [2.75, 3.05) is 24.6 Å². The van der Waals surface area contributed by atoms with Crippen molar-refractivity contribution >= 4 is 5.69 Å². The number of anilines is 1. The smallest absolute Gasteiger partial charge is 0.123 e. The van der Waals surface area contributed by atoms with Gasteiger partial charge in [-0.1, -0.05) is 20.8 Å². The van der Waals surface area contributed by atoms with Crippen molar-refractivity contribution in [2.45, 2.75) is 39.8 Å². The Bertz CT molecular complexity index is 464. The summed E-state index contributed by atoms with van der Waals surface area (Å²) in [5.74, 6) is 0.837. The van der Waals surface area contributed by atoms with Crippen LogP contribution in [0.25, 0.3) is 0 Å². The zero-order valence-electron chi connectivity index (χ0n) is 13.3. The van der Waals surface area contributed by atoms with Crippen molar-refractivity contribution in [3.63, 3.8) is 0 Å². The van der Waals surface area contributed by atoms with Crippen molar-refractivity contribution in [2.24, 2.45) is 11.8 Å². The Morgan fingerprint density at radius 3 is 2.86 bits per heavy atom. The van der Waals surface area contributed by atoms with Crippen LogP contribution in [0.15, 0.2) is 18.2 Å². The van der Waals surface area contributed by atoms with Crippen molar-refractivity contribution in [3.05, 3.63) is 29.6 Å². The number of hydrogen-bond acceptors (Lipinski definition) is 3. The van der Waals surface area contributed by atoms with Gasteiger partial charge >= 0.3 is 0 Å². The minimum Gasteiger partial charge on any atom is -0.394 e. The summed E-state index contributed by atoms with van der Waals surface area (Å²) in [6, 6.07) is 5.11. The lowest BCUT2D eigenvalue weighted by Crippen LogP contribution is -2.36. The predicted molar refractivity (Wildman–Crippen MR) is 84.9 cm³/mol. The maximum atomic E-state index is 13.6. The Labute approximate surface area is 127 Å². The van der Waals surface area contributed by atoms with Crippen LogP contribution in [0.5, 0.6) is 0 Å². The highest BCUT2D eigenvalue weighted by atomic mass is 19.1. The van der Waals surface area contributed by atoms with Gasteiger partial charge in [0, 0.05) is 18.8 Å². The first-order valence-electron chi connectivity index (χ1n) is 7.89. The van der Waals surface area contributed by atoms with Gasteiger partial charge in [-0.05, 0) is 48.6 Å². The SMILES string of the molecule is CC(C)CNCc1cc(F)ccc1N1CCC(C)C1CO. The van der Waals surface area contributed by atoms with E-state index in [2.05, 4.69) is 31.0 Å². The van der Waals surface area contributed by atoms with Crippen LogP contribution in [0.4, 0.5) is 10.1 Å². The highest BCUT2D eigenvalue weighted by Gasteiger charge is 2.31. The fourth-order valence-corrected chi connectivity index (χ4v) is 3.06. The average molecular weight is 294 g/mol. The molecular weight excluding hydrogens is 267 g/mol. The van der Waals surface area contributed by atoms with E-state index in [1.54, 1.807) is 6.07 Å². The minimum atomic E-state index is -0.201. The molecule has 4 heteroatoms. The number of nitrogens with one attached hydrogen (secondary N) is 1. The Balaban J connectivity index is 2.18. The molecule has 2 atom stereocenters. The lowest BCUT2D eigenvalue weighted by molar-refractivity contribution is 0.244. The van der Waals surface area contributed by atoms with E-state index >= 15 is 0 Å². The molecule has 1 aromatic rings. The van der Waals surface area contributed by atoms with E-state index < -0.39 is 0 Å². The molecule has 0 aromatic heterocycles. The molecule has 1 aliphatic heterocycles. The molecule has 1 aliphatic rings. The zero-order valence-corrected chi connectivity index (χ0v) is 13.3. The highest BCUT2D eigenvalue weighted by molar-refractivity contribution is 5.55. The first kappa shape index (κ1) is 16.2. The van der Waals surface area contributed by atoms with Crippen molar-refractivity contribution in [1.82, 2.24) is 5.32 Å². The lowest BCUT2D eigenvalue weighted by atomic mass is 10.0. The van der Waals surface area contributed by atoms with E-state index in [0.717, 1.165) is 30.8 Å². The van der Waals surface area contributed by atoms with Gasteiger partial charge in [-0.3, -0.25) is 0 Å². The quantitative estimate of drug-likeness (QED) is 0.847. The summed E-state index contributed by atoms with van der Waals surface area (Å²) >= 11 is 0. The average Bonchev–Trinajstić information content (AvgIpc) is 2.79. The van der Waals surface area contributed by atoms with Crippen LogP contribution in [0, 0.1) is 17.7 Å². The molecule has 1 aromatic carbocycles. The molecule has 2 N–H and O–H groups in total. The molecule has 21 heavy (non-hydrogen) atoms. The summed E-state index contributed by atoms with van der Waals surface area (Å²) < 4.78 is 13.6. The van der Waals surface area contributed by atoms with Crippen LogP contribution in [0.3, 0.4) is 0 Å². The zero-order chi connectivity index (χ0) is 15.4. The summed E-state index contributed by atoms with van der Waals surface area (Å²) in [6.07, 6.45) is 1.07.